The van der Waals surface area contributed by atoms with E-state index in [4.69, 9.17) is 0 Å². The molecule has 0 radical (unpaired) electrons. The molecular weight excluding hydrogens is 352 g/mol. The van der Waals surface area contributed by atoms with Crippen molar-refractivity contribution in [2.24, 2.45) is 0 Å². The molecule has 3 rings (SSSR count). The molecule has 0 aliphatic heterocycles. The molecule has 27 heavy (non-hydrogen) atoms. The molecular formula is C20H17F2N3O2. The molecule has 0 spiro atoms. The van der Waals surface area contributed by atoms with Crippen molar-refractivity contribution < 1.29 is 13.6 Å². The summed E-state index contributed by atoms with van der Waals surface area (Å²) in [6.45, 7) is -0.0497. The number of rotatable bonds is 6. The van der Waals surface area contributed by atoms with Gasteiger partial charge in [-0.25, -0.2) is 13.5 Å². The Morgan fingerprint density at radius 1 is 1.00 bits per heavy atom. The van der Waals surface area contributed by atoms with Crippen LogP contribution in [0.25, 0.3) is 11.3 Å². The number of aromatic nitrogens is 2. The first-order valence-electron chi connectivity index (χ1n) is 8.36. The first kappa shape index (κ1) is 18.4. The van der Waals surface area contributed by atoms with E-state index in [1.165, 1.54) is 18.2 Å². The molecule has 138 valence electrons. The lowest BCUT2D eigenvalue weighted by molar-refractivity contribution is -0.121. The summed E-state index contributed by atoms with van der Waals surface area (Å²) in [7, 11) is 0. The van der Waals surface area contributed by atoms with Crippen LogP contribution in [-0.2, 0) is 17.8 Å². The predicted molar refractivity (Wildman–Crippen MR) is 97.0 cm³/mol. The minimum atomic E-state index is -0.662. The molecule has 3 aromatic rings. The summed E-state index contributed by atoms with van der Waals surface area (Å²) in [5.41, 5.74) is 1.46. The first-order chi connectivity index (χ1) is 13.0. The van der Waals surface area contributed by atoms with Crippen LogP contribution in [0.3, 0.4) is 0 Å². The van der Waals surface area contributed by atoms with E-state index in [1.54, 1.807) is 6.07 Å². The van der Waals surface area contributed by atoms with Crippen molar-refractivity contribution in [2.45, 2.75) is 13.0 Å². The summed E-state index contributed by atoms with van der Waals surface area (Å²) in [5, 5.41) is 6.84. The third-order valence-corrected chi connectivity index (χ3v) is 3.89. The molecule has 0 unspecified atom stereocenters. The second-order valence-electron chi connectivity index (χ2n) is 5.96. The number of halogens is 2. The van der Waals surface area contributed by atoms with Crippen molar-refractivity contribution in [1.29, 1.82) is 0 Å². The van der Waals surface area contributed by atoms with Gasteiger partial charge in [-0.3, -0.25) is 9.59 Å². The maximum atomic E-state index is 13.1. The quantitative estimate of drug-likeness (QED) is 0.726. The molecule has 7 heteroatoms. The summed E-state index contributed by atoms with van der Waals surface area (Å²) >= 11 is 0. The molecule has 2 aromatic carbocycles. The molecule has 1 amide bonds. The number of hydrogen-bond acceptors (Lipinski definition) is 3. The number of amides is 1. The van der Waals surface area contributed by atoms with Gasteiger partial charge in [0.15, 0.2) is 0 Å². The van der Waals surface area contributed by atoms with Gasteiger partial charge in [0.1, 0.15) is 18.2 Å². The third-order valence-electron chi connectivity index (χ3n) is 3.89. The number of nitrogens with zero attached hydrogens (tertiary/aromatic N) is 2. The molecule has 5 nitrogen and oxygen atoms in total. The van der Waals surface area contributed by atoms with Gasteiger partial charge in [0.25, 0.3) is 5.56 Å². The monoisotopic (exact) mass is 369 g/mol. The first-order valence-corrected chi connectivity index (χ1v) is 8.36. The maximum Gasteiger partial charge on any atom is 0.267 e. The van der Waals surface area contributed by atoms with Crippen LogP contribution < -0.4 is 10.9 Å². The highest BCUT2D eigenvalue weighted by Crippen LogP contribution is 2.13. The Hall–Kier alpha value is -3.35. The Morgan fingerprint density at radius 3 is 2.41 bits per heavy atom. The van der Waals surface area contributed by atoms with Gasteiger partial charge in [0.05, 0.1) is 5.69 Å². The number of hydrogen-bond donors (Lipinski definition) is 1. The Balaban J connectivity index is 1.61. The number of carbonyl (C=O) groups is 1. The minimum Gasteiger partial charge on any atom is -0.354 e. The SMILES string of the molecule is O=C(Cn1nc(-c2ccccc2)ccc1=O)NCCc1cc(F)cc(F)c1. The standard InChI is InChI=1S/C20H17F2N3O2/c21-16-10-14(11-17(22)12-16)8-9-23-19(26)13-25-20(27)7-6-18(24-25)15-4-2-1-3-5-15/h1-7,10-12H,8-9,13H2,(H,23,26). The molecule has 1 N–H and O–H groups in total. The molecule has 0 saturated carbocycles. The minimum absolute atomic E-state index is 0.189. The van der Waals surface area contributed by atoms with Crippen LogP contribution in [-0.4, -0.2) is 22.2 Å². The summed E-state index contributed by atoms with van der Waals surface area (Å²) in [6, 6.07) is 15.5. The normalized spacial score (nSPS) is 10.6. The predicted octanol–water partition coefficient (Wildman–Crippen LogP) is 2.55. The van der Waals surface area contributed by atoms with Gasteiger partial charge in [-0.05, 0) is 30.2 Å². The van der Waals surface area contributed by atoms with Crippen LogP contribution in [0.15, 0.2) is 65.5 Å². The number of benzene rings is 2. The summed E-state index contributed by atoms with van der Waals surface area (Å²) in [6.07, 6.45) is 0.271. The van der Waals surface area contributed by atoms with Crippen LogP contribution in [0.5, 0.6) is 0 Å². The zero-order valence-electron chi connectivity index (χ0n) is 14.4. The summed E-state index contributed by atoms with van der Waals surface area (Å²) < 4.78 is 27.4. The zero-order valence-corrected chi connectivity index (χ0v) is 14.4. The molecule has 1 aromatic heterocycles. The molecule has 0 saturated heterocycles. The molecule has 0 atom stereocenters. The van der Waals surface area contributed by atoms with Crippen LogP contribution in [0.4, 0.5) is 8.78 Å². The average Bonchev–Trinajstić information content (AvgIpc) is 2.63. The highest BCUT2D eigenvalue weighted by molar-refractivity contribution is 5.75. The second-order valence-corrected chi connectivity index (χ2v) is 5.96. The molecule has 0 fully saturated rings. The van der Waals surface area contributed by atoms with E-state index in [1.807, 2.05) is 30.3 Å². The Morgan fingerprint density at radius 2 is 1.70 bits per heavy atom. The summed E-state index contributed by atoms with van der Waals surface area (Å²) in [4.78, 5) is 24.0. The van der Waals surface area contributed by atoms with Crippen molar-refractivity contribution in [1.82, 2.24) is 15.1 Å². The topological polar surface area (TPSA) is 64.0 Å². The van der Waals surface area contributed by atoms with Gasteiger partial charge in [-0.1, -0.05) is 30.3 Å². The van der Waals surface area contributed by atoms with Gasteiger partial charge in [0.2, 0.25) is 5.91 Å². The fourth-order valence-electron chi connectivity index (χ4n) is 2.62. The third kappa shape index (κ3) is 5.07. The molecule has 1 heterocycles. The van der Waals surface area contributed by atoms with Gasteiger partial charge in [-0.15, -0.1) is 0 Å². The smallest absolute Gasteiger partial charge is 0.267 e. The highest BCUT2D eigenvalue weighted by Gasteiger charge is 2.08. The van der Waals surface area contributed by atoms with E-state index in [2.05, 4.69) is 10.4 Å². The number of carbonyl (C=O) groups excluding carboxylic acids is 1. The molecule has 0 aliphatic rings. The van der Waals surface area contributed by atoms with Gasteiger partial charge < -0.3 is 5.32 Å². The van der Waals surface area contributed by atoms with E-state index in [0.29, 0.717) is 11.3 Å². The van der Waals surface area contributed by atoms with E-state index in [0.717, 1.165) is 16.3 Å². The second kappa shape index (κ2) is 8.35. The fraction of sp³-hybridized carbons (Fsp3) is 0.150. The largest absolute Gasteiger partial charge is 0.354 e. The van der Waals surface area contributed by atoms with E-state index in [-0.39, 0.29) is 19.5 Å². The van der Waals surface area contributed by atoms with Crippen molar-refractivity contribution in [3.05, 3.63) is 88.2 Å². The van der Waals surface area contributed by atoms with Gasteiger partial charge >= 0.3 is 0 Å². The van der Waals surface area contributed by atoms with E-state index in [9.17, 15) is 18.4 Å². The van der Waals surface area contributed by atoms with Crippen LogP contribution in [0, 0.1) is 11.6 Å². The number of nitrogens with one attached hydrogen (secondary N) is 1. The van der Waals surface area contributed by atoms with Crippen LogP contribution in [0.1, 0.15) is 5.56 Å². The zero-order chi connectivity index (χ0) is 19.2. The fourth-order valence-corrected chi connectivity index (χ4v) is 2.62. The molecule has 0 aliphatic carbocycles. The highest BCUT2D eigenvalue weighted by atomic mass is 19.1. The van der Waals surface area contributed by atoms with Crippen LogP contribution in [0.2, 0.25) is 0 Å². The Kier molecular flexibility index (Phi) is 5.71. The van der Waals surface area contributed by atoms with Crippen molar-refractivity contribution in [3.63, 3.8) is 0 Å². The van der Waals surface area contributed by atoms with Crippen molar-refractivity contribution in [2.75, 3.05) is 6.54 Å². The average molecular weight is 369 g/mol. The van der Waals surface area contributed by atoms with Crippen molar-refractivity contribution in [3.8, 4) is 11.3 Å². The molecule has 0 bridgehead atoms. The van der Waals surface area contributed by atoms with Crippen molar-refractivity contribution >= 4 is 5.91 Å². The lowest BCUT2D eigenvalue weighted by Gasteiger charge is -2.08. The summed E-state index contributed by atoms with van der Waals surface area (Å²) in [5.74, 6) is -1.73. The van der Waals surface area contributed by atoms with E-state index >= 15 is 0 Å². The Labute approximate surface area is 154 Å². The maximum absolute atomic E-state index is 13.1. The lowest BCUT2D eigenvalue weighted by Crippen LogP contribution is -2.34. The van der Waals surface area contributed by atoms with E-state index < -0.39 is 23.1 Å². The van der Waals surface area contributed by atoms with Gasteiger partial charge in [0, 0.05) is 24.2 Å². The van der Waals surface area contributed by atoms with Crippen LogP contribution >= 0.6 is 0 Å². The lowest BCUT2D eigenvalue weighted by atomic mass is 10.1. The van der Waals surface area contributed by atoms with Gasteiger partial charge in [-0.2, -0.15) is 5.10 Å². The Bertz CT molecular complexity index is 983.